The first-order chi connectivity index (χ1) is 10.4. The van der Waals surface area contributed by atoms with Crippen molar-refractivity contribution in [3.63, 3.8) is 0 Å². The third-order valence-electron chi connectivity index (χ3n) is 4.27. The van der Waals surface area contributed by atoms with Crippen LogP contribution in [0, 0.1) is 0 Å². The molecule has 1 aliphatic rings. The number of hydrogen-bond acceptors (Lipinski definition) is 4. The average molecular weight is 290 g/mol. The zero-order valence-corrected chi connectivity index (χ0v) is 13.2. The molecule has 1 saturated heterocycles. The molecule has 2 heterocycles. The van der Waals surface area contributed by atoms with Gasteiger partial charge < -0.3 is 15.5 Å². The van der Waals surface area contributed by atoms with Crippen molar-refractivity contribution in [2.75, 3.05) is 45.8 Å². The topological polar surface area (TPSA) is 45.4 Å². The highest BCUT2D eigenvalue weighted by molar-refractivity contribution is 5.03. The molecule has 1 fully saturated rings. The maximum atomic E-state index is 5.55. The second kappa shape index (κ2) is 9.87. The summed E-state index contributed by atoms with van der Waals surface area (Å²) in [5.74, 6) is 0. The van der Waals surface area contributed by atoms with Crippen LogP contribution in [-0.2, 0) is 6.42 Å². The molecule has 0 spiro atoms. The molecule has 4 nitrogen and oxygen atoms in total. The quantitative estimate of drug-likeness (QED) is 0.741. The van der Waals surface area contributed by atoms with Crippen molar-refractivity contribution in [3.05, 3.63) is 30.1 Å². The Hall–Kier alpha value is -0.970. The summed E-state index contributed by atoms with van der Waals surface area (Å²) in [5.41, 5.74) is 6.76. The molecule has 4 heteroatoms. The fourth-order valence-electron chi connectivity index (χ4n) is 2.95. The van der Waals surface area contributed by atoms with E-state index >= 15 is 0 Å². The minimum absolute atomic E-state index is 0.835. The lowest BCUT2D eigenvalue weighted by Gasteiger charge is -2.21. The van der Waals surface area contributed by atoms with Gasteiger partial charge in [-0.05, 0) is 57.6 Å². The molecular formula is C17H30N4. The molecule has 2 rings (SSSR count). The van der Waals surface area contributed by atoms with Crippen LogP contribution in [0.25, 0.3) is 0 Å². The number of hydrogen-bond donors (Lipinski definition) is 1. The Morgan fingerprint density at radius 2 is 1.76 bits per heavy atom. The second-order valence-electron chi connectivity index (χ2n) is 5.96. The van der Waals surface area contributed by atoms with Gasteiger partial charge in [-0.1, -0.05) is 12.5 Å². The molecule has 0 aromatic carbocycles. The Bertz CT molecular complexity index is 368. The predicted molar refractivity (Wildman–Crippen MR) is 88.3 cm³/mol. The van der Waals surface area contributed by atoms with Gasteiger partial charge >= 0.3 is 0 Å². The third-order valence-corrected chi connectivity index (χ3v) is 4.27. The minimum Gasteiger partial charge on any atom is -0.330 e. The lowest BCUT2D eigenvalue weighted by Crippen LogP contribution is -2.32. The summed E-state index contributed by atoms with van der Waals surface area (Å²) in [5, 5.41) is 0. The van der Waals surface area contributed by atoms with Crippen molar-refractivity contribution >= 4 is 0 Å². The zero-order chi connectivity index (χ0) is 14.8. The standard InChI is InChI=1S/C17H30N4/c18-9-3-1-5-11-20-12-6-13-21(16-15-20)14-8-17-7-2-4-10-19-17/h2,4,7,10H,1,3,5-6,8-9,11-16,18H2. The summed E-state index contributed by atoms with van der Waals surface area (Å²) in [7, 11) is 0. The fourth-order valence-corrected chi connectivity index (χ4v) is 2.95. The van der Waals surface area contributed by atoms with E-state index in [4.69, 9.17) is 5.73 Å². The van der Waals surface area contributed by atoms with Crippen LogP contribution in [0.3, 0.4) is 0 Å². The van der Waals surface area contributed by atoms with Crippen molar-refractivity contribution in [3.8, 4) is 0 Å². The van der Waals surface area contributed by atoms with Gasteiger partial charge in [-0.2, -0.15) is 0 Å². The van der Waals surface area contributed by atoms with Gasteiger partial charge in [-0.25, -0.2) is 0 Å². The third kappa shape index (κ3) is 6.55. The highest BCUT2D eigenvalue weighted by Gasteiger charge is 2.14. The maximum absolute atomic E-state index is 5.55. The van der Waals surface area contributed by atoms with Crippen LogP contribution < -0.4 is 5.73 Å². The summed E-state index contributed by atoms with van der Waals surface area (Å²) in [6, 6.07) is 6.19. The van der Waals surface area contributed by atoms with Crippen LogP contribution in [0.1, 0.15) is 31.4 Å². The number of pyridine rings is 1. The first-order valence-electron chi connectivity index (χ1n) is 8.43. The molecule has 0 amide bonds. The molecular weight excluding hydrogens is 260 g/mol. The van der Waals surface area contributed by atoms with Gasteiger partial charge in [0.05, 0.1) is 0 Å². The number of nitrogens with two attached hydrogens (primary N) is 1. The van der Waals surface area contributed by atoms with Gasteiger partial charge in [0, 0.05) is 37.9 Å². The van der Waals surface area contributed by atoms with Gasteiger partial charge in [0.2, 0.25) is 0 Å². The molecule has 118 valence electrons. The van der Waals surface area contributed by atoms with E-state index in [1.807, 2.05) is 12.3 Å². The molecule has 0 bridgehead atoms. The van der Waals surface area contributed by atoms with Gasteiger partial charge in [-0.15, -0.1) is 0 Å². The van der Waals surface area contributed by atoms with Gasteiger partial charge in [0.25, 0.3) is 0 Å². The van der Waals surface area contributed by atoms with Crippen LogP contribution in [0.5, 0.6) is 0 Å². The Kier molecular flexibility index (Phi) is 7.71. The van der Waals surface area contributed by atoms with E-state index in [9.17, 15) is 0 Å². The first-order valence-corrected chi connectivity index (χ1v) is 8.43. The minimum atomic E-state index is 0.835. The van der Waals surface area contributed by atoms with Crippen LogP contribution in [-0.4, -0.2) is 60.6 Å². The molecule has 0 atom stereocenters. The Morgan fingerprint density at radius 3 is 2.48 bits per heavy atom. The predicted octanol–water partition coefficient (Wildman–Crippen LogP) is 1.76. The van der Waals surface area contributed by atoms with Crippen molar-refractivity contribution in [1.82, 2.24) is 14.8 Å². The van der Waals surface area contributed by atoms with E-state index in [0.29, 0.717) is 0 Å². The summed E-state index contributed by atoms with van der Waals surface area (Å²) in [4.78, 5) is 9.63. The Morgan fingerprint density at radius 1 is 0.952 bits per heavy atom. The molecule has 0 aliphatic carbocycles. The highest BCUT2D eigenvalue weighted by Crippen LogP contribution is 2.06. The lowest BCUT2D eigenvalue weighted by molar-refractivity contribution is 0.254. The lowest BCUT2D eigenvalue weighted by atomic mass is 10.2. The molecule has 2 N–H and O–H groups in total. The fraction of sp³-hybridized carbons (Fsp3) is 0.706. The molecule has 0 unspecified atom stereocenters. The van der Waals surface area contributed by atoms with Gasteiger partial charge in [-0.3, -0.25) is 4.98 Å². The van der Waals surface area contributed by atoms with Gasteiger partial charge in [0.15, 0.2) is 0 Å². The normalized spacial score (nSPS) is 17.8. The van der Waals surface area contributed by atoms with E-state index in [1.54, 1.807) is 0 Å². The SMILES string of the molecule is NCCCCCN1CCCN(CCc2ccccn2)CC1. The summed E-state index contributed by atoms with van der Waals surface area (Å²) >= 11 is 0. The molecule has 1 aliphatic heterocycles. The molecule has 0 saturated carbocycles. The second-order valence-corrected chi connectivity index (χ2v) is 5.96. The van der Waals surface area contributed by atoms with Crippen molar-refractivity contribution in [1.29, 1.82) is 0 Å². The molecule has 1 aromatic heterocycles. The summed E-state index contributed by atoms with van der Waals surface area (Å²) < 4.78 is 0. The zero-order valence-electron chi connectivity index (χ0n) is 13.2. The highest BCUT2D eigenvalue weighted by atomic mass is 15.2. The number of rotatable bonds is 8. The molecule has 0 radical (unpaired) electrons. The number of aromatic nitrogens is 1. The summed E-state index contributed by atoms with van der Waals surface area (Å²) in [6.45, 7) is 8.11. The van der Waals surface area contributed by atoms with Crippen LogP contribution in [0.4, 0.5) is 0 Å². The number of unbranched alkanes of at least 4 members (excludes halogenated alkanes) is 2. The van der Waals surface area contributed by atoms with Crippen molar-refractivity contribution < 1.29 is 0 Å². The van der Waals surface area contributed by atoms with E-state index in [1.165, 1.54) is 64.1 Å². The van der Waals surface area contributed by atoms with E-state index in [-0.39, 0.29) is 0 Å². The van der Waals surface area contributed by atoms with Gasteiger partial charge in [0.1, 0.15) is 0 Å². The van der Waals surface area contributed by atoms with Crippen molar-refractivity contribution in [2.45, 2.75) is 32.1 Å². The summed E-state index contributed by atoms with van der Waals surface area (Å²) in [6.07, 6.45) is 7.99. The van der Waals surface area contributed by atoms with Crippen LogP contribution in [0.15, 0.2) is 24.4 Å². The van der Waals surface area contributed by atoms with E-state index in [2.05, 4.69) is 26.9 Å². The molecule has 1 aromatic rings. The van der Waals surface area contributed by atoms with Crippen molar-refractivity contribution in [2.24, 2.45) is 5.73 Å². The first kappa shape index (κ1) is 16.4. The van der Waals surface area contributed by atoms with Crippen LogP contribution >= 0.6 is 0 Å². The number of nitrogens with zero attached hydrogens (tertiary/aromatic N) is 3. The monoisotopic (exact) mass is 290 g/mol. The van der Waals surface area contributed by atoms with E-state index < -0.39 is 0 Å². The molecule has 21 heavy (non-hydrogen) atoms. The maximum Gasteiger partial charge on any atom is 0.0416 e. The van der Waals surface area contributed by atoms with E-state index in [0.717, 1.165) is 19.5 Å². The largest absolute Gasteiger partial charge is 0.330 e. The van der Waals surface area contributed by atoms with Crippen LogP contribution in [0.2, 0.25) is 0 Å². The average Bonchev–Trinajstić information content (AvgIpc) is 2.76. The Balaban J connectivity index is 1.64. The smallest absolute Gasteiger partial charge is 0.0416 e. The Labute approximate surface area is 129 Å².